The van der Waals surface area contributed by atoms with Crippen molar-refractivity contribution in [1.29, 1.82) is 0 Å². The molecule has 0 saturated heterocycles. The van der Waals surface area contributed by atoms with Crippen molar-refractivity contribution in [3.05, 3.63) is 24.2 Å². The standard InChI is InChI=1S/C8H9N3O2/c1-13-6-3-2-4-11-7(5-12)9-10-8(6)11/h2-4,12H,5H2,1H3. The molecule has 0 aliphatic rings. The Labute approximate surface area is 74.6 Å². The number of methoxy groups -OCH3 is 1. The minimum Gasteiger partial charge on any atom is -0.493 e. The molecule has 0 atom stereocenters. The number of pyridine rings is 1. The molecule has 2 heterocycles. The minimum atomic E-state index is -0.131. The van der Waals surface area contributed by atoms with Crippen LogP contribution < -0.4 is 4.74 Å². The van der Waals surface area contributed by atoms with Crippen LogP contribution >= 0.6 is 0 Å². The van der Waals surface area contributed by atoms with Gasteiger partial charge in [0.25, 0.3) is 0 Å². The van der Waals surface area contributed by atoms with E-state index in [2.05, 4.69) is 10.2 Å². The average molecular weight is 179 g/mol. The van der Waals surface area contributed by atoms with Gasteiger partial charge >= 0.3 is 0 Å². The van der Waals surface area contributed by atoms with E-state index in [1.54, 1.807) is 23.8 Å². The monoisotopic (exact) mass is 179 g/mol. The van der Waals surface area contributed by atoms with E-state index >= 15 is 0 Å². The van der Waals surface area contributed by atoms with Crippen molar-refractivity contribution in [2.45, 2.75) is 6.61 Å². The number of nitrogens with zero attached hydrogens (tertiary/aromatic N) is 3. The molecule has 0 aliphatic heterocycles. The lowest BCUT2D eigenvalue weighted by atomic mass is 10.4. The predicted molar refractivity (Wildman–Crippen MR) is 45.5 cm³/mol. The van der Waals surface area contributed by atoms with E-state index in [1.165, 1.54) is 0 Å². The minimum absolute atomic E-state index is 0.131. The molecule has 0 unspecified atom stereocenters. The Morgan fingerprint density at radius 2 is 2.38 bits per heavy atom. The van der Waals surface area contributed by atoms with E-state index in [0.29, 0.717) is 17.2 Å². The molecule has 2 aromatic rings. The number of fused-ring (bicyclic) bond motifs is 1. The summed E-state index contributed by atoms with van der Waals surface area (Å²) in [6.07, 6.45) is 1.78. The first-order chi connectivity index (χ1) is 6.36. The van der Waals surface area contributed by atoms with Crippen LogP contribution in [0.1, 0.15) is 5.82 Å². The number of aliphatic hydroxyl groups is 1. The summed E-state index contributed by atoms with van der Waals surface area (Å²) in [7, 11) is 1.57. The Hall–Kier alpha value is -1.62. The van der Waals surface area contributed by atoms with Crippen molar-refractivity contribution >= 4 is 5.65 Å². The van der Waals surface area contributed by atoms with E-state index in [0.717, 1.165) is 0 Å². The lowest BCUT2D eigenvalue weighted by Crippen LogP contribution is -1.94. The van der Waals surface area contributed by atoms with Gasteiger partial charge in [-0.15, -0.1) is 10.2 Å². The largest absolute Gasteiger partial charge is 0.493 e. The number of rotatable bonds is 2. The molecule has 13 heavy (non-hydrogen) atoms. The number of hydrogen-bond acceptors (Lipinski definition) is 4. The third-order valence-electron chi connectivity index (χ3n) is 1.83. The van der Waals surface area contributed by atoms with Crippen LogP contribution in [0.5, 0.6) is 5.75 Å². The lowest BCUT2D eigenvalue weighted by molar-refractivity contribution is 0.270. The van der Waals surface area contributed by atoms with Crippen molar-refractivity contribution in [3.8, 4) is 5.75 Å². The van der Waals surface area contributed by atoms with Gasteiger partial charge in [0, 0.05) is 6.20 Å². The van der Waals surface area contributed by atoms with Gasteiger partial charge in [-0.25, -0.2) is 0 Å². The van der Waals surface area contributed by atoms with Gasteiger partial charge in [-0.1, -0.05) is 0 Å². The number of aliphatic hydroxyl groups excluding tert-OH is 1. The van der Waals surface area contributed by atoms with E-state index < -0.39 is 0 Å². The zero-order valence-electron chi connectivity index (χ0n) is 7.14. The Morgan fingerprint density at radius 1 is 1.54 bits per heavy atom. The topological polar surface area (TPSA) is 59.7 Å². The molecule has 0 radical (unpaired) electrons. The van der Waals surface area contributed by atoms with Gasteiger partial charge in [0.1, 0.15) is 6.61 Å². The maximum Gasteiger partial charge on any atom is 0.203 e. The van der Waals surface area contributed by atoms with Crippen molar-refractivity contribution < 1.29 is 9.84 Å². The smallest absolute Gasteiger partial charge is 0.203 e. The Bertz CT molecular complexity index is 424. The van der Waals surface area contributed by atoms with Crippen LogP contribution in [0.15, 0.2) is 18.3 Å². The quantitative estimate of drug-likeness (QED) is 0.716. The molecular weight excluding hydrogens is 170 g/mol. The highest BCUT2D eigenvalue weighted by molar-refractivity contribution is 5.52. The van der Waals surface area contributed by atoms with Gasteiger partial charge < -0.3 is 9.84 Å². The fourth-order valence-electron chi connectivity index (χ4n) is 1.21. The normalized spacial score (nSPS) is 10.6. The summed E-state index contributed by atoms with van der Waals surface area (Å²) in [5.74, 6) is 1.16. The number of hydrogen-bond donors (Lipinski definition) is 1. The summed E-state index contributed by atoms with van der Waals surface area (Å²) in [6.45, 7) is -0.131. The molecule has 68 valence electrons. The molecule has 0 bridgehead atoms. The van der Waals surface area contributed by atoms with Gasteiger partial charge in [-0.3, -0.25) is 4.40 Å². The van der Waals surface area contributed by atoms with Gasteiger partial charge in [-0.05, 0) is 12.1 Å². The lowest BCUT2D eigenvalue weighted by Gasteiger charge is -2.00. The molecule has 5 heteroatoms. The van der Waals surface area contributed by atoms with Crippen LogP contribution in [-0.4, -0.2) is 26.8 Å². The summed E-state index contributed by atoms with van der Waals surface area (Å²) >= 11 is 0. The number of aromatic nitrogens is 3. The van der Waals surface area contributed by atoms with Gasteiger partial charge in [-0.2, -0.15) is 0 Å². The summed E-state index contributed by atoms with van der Waals surface area (Å²) in [5.41, 5.74) is 0.619. The van der Waals surface area contributed by atoms with Crippen LogP contribution in [0.4, 0.5) is 0 Å². The second-order valence-electron chi connectivity index (χ2n) is 2.54. The van der Waals surface area contributed by atoms with Crippen LogP contribution in [-0.2, 0) is 6.61 Å². The summed E-state index contributed by atoms with van der Waals surface area (Å²) in [5, 5.41) is 16.6. The summed E-state index contributed by atoms with van der Waals surface area (Å²) < 4.78 is 6.77. The third-order valence-corrected chi connectivity index (χ3v) is 1.83. The molecule has 1 N–H and O–H groups in total. The van der Waals surface area contributed by atoms with E-state index in [9.17, 15) is 0 Å². The van der Waals surface area contributed by atoms with E-state index in [1.807, 2.05) is 6.07 Å². The van der Waals surface area contributed by atoms with Crippen molar-refractivity contribution in [2.24, 2.45) is 0 Å². The van der Waals surface area contributed by atoms with Crippen molar-refractivity contribution in [2.75, 3.05) is 7.11 Å². The third kappa shape index (κ3) is 1.13. The van der Waals surface area contributed by atoms with Crippen molar-refractivity contribution in [1.82, 2.24) is 14.6 Å². The first kappa shape index (κ1) is 8.00. The summed E-state index contributed by atoms with van der Waals surface area (Å²) in [6, 6.07) is 3.61. The fourth-order valence-corrected chi connectivity index (χ4v) is 1.21. The Kier molecular flexibility index (Phi) is 1.86. The van der Waals surface area contributed by atoms with E-state index in [4.69, 9.17) is 9.84 Å². The number of ether oxygens (including phenoxy) is 1. The maximum absolute atomic E-state index is 8.92. The van der Waals surface area contributed by atoms with Crippen LogP contribution in [0.25, 0.3) is 5.65 Å². The molecule has 0 amide bonds. The second kappa shape index (κ2) is 3.02. The second-order valence-corrected chi connectivity index (χ2v) is 2.54. The first-order valence-corrected chi connectivity index (χ1v) is 3.84. The highest BCUT2D eigenvalue weighted by Crippen LogP contribution is 2.17. The Morgan fingerprint density at radius 3 is 3.08 bits per heavy atom. The molecular formula is C8H9N3O2. The molecule has 0 fully saturated rings. The van der Waals surface area contributed by atoms with Gasteiger partial charge in [0.05, 0.1) is 7.11 Å². The molecule has 0 aromatic carbocycles. The van der Waals surface area contributed by atoms with Crippen molar-refractivity contribution in [3.63, 3.8) is 0 Å². The first-order valence-electron chi connectivity index (χ1n) is 3.84. The highest BCUT2D eigenvalue weighted by atomic mass is 16.5. The molecule has 0 spiro atoms. The molecule has 0 aliphatic carbocycles. The molecule has 2 aromatic heterocycles. The Balaban J connectivity index is 2.72. The molecule has 2 rings (SSSR count). The fraction of sp³-hybridized carbons (Fsp3) is 0.250. The maximum atomic E-state index is 8.92. The zero-order valence-corrected chi connectivity index (χ0v) is 7.14. The van der Waals surface area contributed by atoms with Crippen LogP contribution in [0, 0.1) is 0 Å². The summed E-state index contributed by atoms with van der Waals surface area (Å²) in [4.78, 5) is 0. The molecule has 0 saturated carbocycles. The average Bonchev–Trinajstić information content (AvgIpc) is 2.60. The predicted octanol–water partition coefficient (Wildman–Crippen LogP) is 0.230. The van der Waals surface area contributed by atoms with Gasteiger partial charge in [0.15, 0.2) is 11.6 Å². The molecule has 5 nitrogen and oxygen atoms in total. The van der Waals surface area contributed by atoms with Crippen LogP contribution in [0.2, 0.25) is 0 Å². The highest BCUT2D eigenvalue weighted by Gasteiger charge is 2.07. The van der Waals surface area contributed by atoms with E-state index in [-0.39, 0.29) is 6.61 Å². The van der Waals surface area contributed by atoms with Gasteiger partial charge in [0.2, 0.25) is 5.65 Å². The zero-order chi connectivity index (χ0) is 9.26. The SMILES string of the molecule is COc1cccn2c(CO)nnc12. The van der Waals surface area contributed by atoms with Crippen LogP contribution in [0.3, 0.4) is 0 Å².